The number of rotatable bonds is 4. The molecule has 0 spiro atoms. The second-order valence-corrected chi connectivity index (χ2v) is 3.95. The Labute approximate surface area is 61.0 Å². The van der Waals surface area contributed by atoms with E-state index in [9.17, 15) is 8.42 Å². The number of hydrogen-bond acceptors (Lipinski definition) is 4. The van der Waals surface area contributed by atoms with Crippen molar-refractivity contribution in [1.29, 1.82) is 0 Å². The molecular weight excluding hydrogens is 154 g/mol. The Bertz CT molecular complexity index is 175. The average Bonchev–Trinajstić information content (AvgIpc) is 1.85. The minimum atomic E-state index is -3.16. The molecule has 0 aliphatic heterocycles. The average molecular weight is 167 g/mol. The lowest BCUT2D eigenvalue weighted by Gasteiger charge is -2.08. The third-order valence-corrected chi connectivity index (χ3v) is 2.01. The van der Waals surface area contributed by atoms with Crippen LogP contribution in [-0.2, 0) is 10.0 Å². The highest BCUT2D eigenvalue weighted by atomic mass is 32.2. The molecule has 5 nitrogen and oxygen atoms in total. The second kappa shape index (κ2) is 3.87. The summed E-state index contributed by atoms with van der Waals surface area (Å²) >= 11 is 0. The van der Waals surface area contributed by atoms with Crippen LogP contribution in [0.25, 0.3) is 0 Å². The van der Waals surface area contributed by atoms with Crippen molar-refractivity contribution in [2.24, 2.45) is 5.73 Å². The Morgan fingerprint density at radius 1 is 1.60 bits per heavy atom. The van der Waals surface area contributed by atoms with Crippen molar-refractivity contribution < 1.29 is 8.42 Å². The maximum Gasteiger partial charge on any atom is 0.224 e. The van der Waals surface area contributed by atoms with Crippen LogP contribution in [0.15, 0.2) is 0 Å². The zero-order valence-corrected chi connectivity index (χ0v) is 6.90. The molecule has 0 aliphatic rings. The van der Waals surface area contributed by atoms with Crippen molar-refractivity contribution in [1.82, 2.24) is 10.3 Å². The standard InChI is InChI=1S/C4H13N3O2S/c1-3-10(8,9)7-6-4(2)5/h4,6-7H,3,5H2,1-2H3. The smallest absolute Gasteiger partial charge is 0.224 e. The molecule has 0 saturated heterocycles. The topological polar surface area (TPSA) is 84.2 Å². The summed E-state index contributed by atoms with van der Waals surface area (Å²) in [5, 5.41) is 0. The van der Waals surface area contributed by atoms with Gasteiger partial charge in [-0.05, 0) is 13.8 Å². The van der Waals surface area contributed by atoms with Gasteiger partial charge in [-0.2, -0.15) is 4.83 Å². The van der Waals surface area contributed by atoms with Gasteiger partial charge in [0.25, 0.3) is 0 Å². The fourth-order valence-corrected chi connectivity index (χ4v) is 0.765. The molecule has 0 aromatic rings. The Balaban J connectivity index is 3.70. The van der Waals surface area contributed by atoms with Gasteiger partial charge in [0.1, 0.15) is 0 Å². The van der Waals surface area contributed by atoms with Gasteiger partial charge in [0.15, 0.2) is 0 Å². The lowest BCUT2D eigenvalue weighted by molar-refractivity contribution is 0.512. The lowest BCUT2D eigenvalue weighted by Crippen LogP contribution is -2.47. The van der Waals surface area contributed by atoms with Gasteiger partial charge in [0, 0.05) is 0 Å². The van der Waals surface area contributed by atoms with Crippen LogP contribution >= 0.6 is 0 Å². The number of hydrazine groups is 1. The molecule has 0 rings (SSSR count). The van der Waals surface area contributed by atoms with Crippen molar-refractivity contribution in [3.63, 3.8) is 0 Å². The maximum atomic E-state index is 10.7. The molecule has 62 valence electrons. The predicted octanol–water partition coefficient (Wildman–Crippen LogP) is -1.26. The molecule has 0 aliphatic carbocycles. The molecule has 1 unspecified atom stereocenters. The van der Waals surface area contributed by atoms with Crippen molar-refractivity contribution in [2.45, 2.75) is 20.0 Å². The summed E-state index contributed by atoms with van der Waals surface area (Å²) in [5.41, 5.74) is 7.59. The number of hydrogen-bond donors (Lipinski definition) is 3. The Hall–Kier alpha value is -0.170. The van der Waals surface area contributed by atoms with E-state index in [1.807, 2.05) is 0 Å². The Morgan fingerprint density at radius 2 is 2.10 bits per heavy atom. The van der Waals surface area contributed by atoms with Crippen molar-refractivity contribution in [2.75, 3.05) is 5.75 Å². The van der Waals surface area contributed by atoms with E-state index < -0.39 is 10.0 Å². The van der Waals surface area contributed by atoms with Crippen molar-refractivity contribution >= 4 is 10.0 Å². The van der Waals surface area contributed by atoms with Gasteiger partial charge in [0.05, 0.1) is 11.9 Å². The number of nitrogens with two attached hydrogens (primary N) is 1. The van der Waals surface area contributed by atoms with Gasteiger partial charge >= 0.3 is 0 Å². The van der Waals surface area contributed by atoms with E-state index in [2.05, 4.69) is 10.3 Å². The Kier molecular flexibility index (Phi) is 3.80. The SMILES string of the molecule is CCS(=O)(=O)NNC(C)N. The highest BCUT2D eigenvalue weighted by Crippen LogP contribution is 1.77. The fraction of sp³-hybridized carbons (Fsp3) is 1.00. The van der Waals surface area contributed by atoms with Crippen LogP contribution in [0.1, 0.15) is 13.8 Å². The third kappa shape index (κ3) is 4.68. The quantitative estimate of drug-likeness (QED) is 0.360. The summed E-state index contributed by atoms with van der Waals surface area (Å²) in [6.07, 6.45) is -0.374. The van der Waals surface area contributed by atoms with E-state index in [0.29, 0.717) is 0 Å². The molecular formula is C4H13N3O2S. The summed E-state index contributed by atoms with van der Waals surface area (Å²) in [6, 6.07) is 0. The molecule has 6 heteroatoms. The van der Waals surface area contributed by atoms with E-state index in [0.717, 1.165) is 0 Å². The van der Waals surface area contributed by atoms with E-state index in [1.165, 1.54) is 0 Å². The molecule has 0 aromatic heterocycles. The molecule has 4 N–H and O–H groups in total. The van der Waals surface area contributed by atoms with Gasteiger partial charge in [0.2, 0.25) is 10.0 Å². The van der Waals surface area contributed by atoms with Crippen LogP contribution in [0, 0.1) is 0 Å². The van der Waals surface area contributed by atoms with Gasteiger partial charge in [-0.1, -0.05) is 0 Å². The van der Waals surface area contributed by atoms with E-state index in [-0.39, 0.29) is 11.9 Å². The minimum absolute atomic E-state index is 0.0483. The first-order valence-corrected chi connectivity index (χ1v) is 4.63. The van der Waals surface area contributed by atoms with Gasteiger partial charge in [-0.15, -0.1) is 0 Å². The van der Waals surface area contributed by atoms with Crippen LogP contribution in [0.5, 0.6) is 0 Å². The van der Waals surface area contributed by atoms with Gasteiger partial charge in [-0.25, -0.2) is 13.8 Å². The maximum absolute atomic E-state index is 10.7. The highest BCUT2D eigenvalue weighted by molar-refractivity contribution is 7.89. The highest BCUT2D eigenvalue weighted by Gasteiger charge is 2.04. The minimum Gasteiger partial charge on any atom is -0.315 e. The van der Waals surface area contributed by atoms with Gasteiger partial charge < -0.3 is 5.73 Å². The van der Waals surface area contributed by atoms with Crippen LogP contribution < -0.4 is 16.0 Å². The first-order chi connectivity index (χ1) is 4.48. The number of nitrogens with one attached hydrogen (secondary N) is 2. The molecule has 1 atom stereocenters. The summed E-state index contributed by atoms with van der Waals surface area (Å²) < 4.78 is 21.3. The molecule has 0 bridgehead atoms. The van der Waals surface area contributed by atoms with Crippen LogP contribution in [0.3, 0.4) is 0 Å². The normalized spacial score (nSPS) is 15.1. The molecule has 0 amide bonds. The monoisotopic (exact) mass is 167 g/mol. The summed E-state index contributed by atoms with van der Waals surface area (Å²) in [5.74, 6) is 0.0483. The van der Waals surface area contributed by atoms with Crippen LogP contribution in [-0.4, -0.2) is 20.3 Å². The molecule has 0 saturated carbocycles. The summed E-state index contributed by atoms with van der Waals surface area (Å²) in [7, 11) is -3.16. The predicted molar refractivity (Wildman–Crippen MR) is 39.4 cm³/mol. The number of sulfonamides is 1. The molecule has 0 aromatic carbocycles. The zero-order chi connectivity index (χ0) is 8.20. The lowest BCUT2D eigenvalue weighted by atomic mass is 10.7. The van der Waals surface area contributed by atoms with Crippen LogP contribution in [0.2, 0.25) is 0 Å². The van der Waals surface area contributed by atoms with Crippen molar-refractivity contribution in [3.05, 3.63) is 0 Å². The van der Waals surface area contributed by atoms with Gasteiger partial charge in [-0.3, -0.25) is 0 Å². The summed E-state index contributed by atoms with van der Waals surface area (Å²) in [4.78, 5) is 2.11. The van der Waals surface area contributed by atoms with E-state index in [1.54, 1.807) is 13.8 Å². The zero-order valence-electron chi connectivity index (χ0n) is 6.09. The first kappa shape index (κ1) is 9.83. The summed E-state index contributed by atoms with van der Waals surface area (Å²) in [6.45, 7) is 3.18. The first-order valence-electron chi connectivity index (χ1n) is 2.98. The fourth-order valence-electron chi connectivity index (χ4n) is 0.255. The largest absolute Gasteiger partial charge is 0.315 e. The second-order valence-electron chi connectivity index (χ2n) is 1.94. The van der Waals surface area contributed by atoms with Crippen molar-refractivity contribution in [3.8, 4) is 0 Å². The molecule has 0 fully saturated rings. The van der Waals surface area contributed by atoms with E-state index >= 15 is 0 Å². The van der Waals surface area contributed by atoms with E-state index in [4.69, 9.17) is 5.73 Å². The molecule has 10 heavy (non-hydrogen) atoms. The Morgan fingerprint density at radius 3 is 2.40 bits per heavy atom. The molecule has 0 heterocycles. The molecule has 0 radical (unpaired) electrons. The third-order valence-electron chi connectivity index (χ3n) is 0.822. The van der Waals surface area contributed by atoms with Crippen LogP contribution in [0.4, 0.5) is 0 Å².